The molecule has 11 nitrogen and oxygen atoms in total. The molecule has 0 spiro atoms. The predicted molar refractivity (Wildman–Crippen MR) is 134 cm³/mol. The predicted octanol–water partition coefficient (Wildman–Crippen LogP) is 4.19. The Hall–Kier alpha value is -4.54. The van der Waals surface area contributed by atoms with Crippen molar-refractivity contribution in [2.24, 2.45) is 0 Å². The van der Waals surface area contributed by atoms with Gasteiger partial charge in [0.15, 0.2) is 11.5 Å². The smallest absolute Gasteiger partial charge is 0.438 e. The molecule has 0 fully saturated rings. The number of hydrogen-bond acceptors (Lipinski definition) is 9. The van der Waals surface area contributed by atoms with Gasteiger partial charge in [0.25, 0.3) is 0 Å². The second-order valence-electron chi connectivity index (χ2n) is 8.15. The van der Waals surface area contributed by atoms with E-state index in [4.69, 9.17) is 14.5 Å². The van der Waals surface area contributed by atoms with Crippen LogP contribution >= 0.6 is 0 Å². The van der Waals surface area contributed by atoms with Crippen molar-refractivity contribution in [3.63, 3.8) is 0 Å². The number of methoxy groups -OCH3 is 1. The first-order valence-electron chi connectivity index (χ1n) is 11.9. The zero-order chi connectivity index (χ0) is 26.2. The fourth-order valence-electron chi connectivity index (χ4n) is 4.06. The fourth-order valence-corrected chi connectivity index (χ4v) is 4.06. The molecule has 2 aromatic heterocycles. The van der Waals surface area contributed by atoms with Gasteiger partial charge in [0.05, 0.1) is 12.8 Å². The molecule has 0 aliphatic heterocycles. The van der Waals surface area contributed by atoms with Gasteiger partial charge in [0.1, 0.15) is 5.82 Å². The molecule has 0 radical (unpaired) electrons. The van der Waals surface area contributed by atoms with Crippen LogP contribution in [0.15, 0.2) is 48.5 Å². The third kappa shape index (κ3) is 5.83. The lowest BCUT2D eigenvalue weighted by Gasteiger charge is -2.13. The van der Waals surface area contributed by atoms with Crippen molar-refractivity contribution in [3.8, 4) is 22.5 Å². The number of nitrogens with one attached hydrogen (secondary N) is 1. The number of carbonyl (C=O) groups excluding carboxylic acids is 2. The summed E-state index contributed by atoms with van der Waals surface area (Å²) in [5.74, 6) is 0.781. The summed E-state index contributed by atoms with van der Waals surface area (Å²) in [5.41, 5.74) is 4.87. The summed E-state index contributed by atoms with van der Waals surface area (Å²) in [5, 5.41) is 14.2. The molecule has 2 aromatic carbocycles. The van der Waals surface area contributed by atoms with Crippen LogP contribution in [0.2, 0.25) is 0 Å². The van der Waals surface area contributed by atoms with Crippen LogP contribution in [0.25, 0.3) is 22.5 Å². The fraction of sp³-hybridized carbons (Fsp3) is 0.308. The Balaban J connectivity index is 1.61. The van der Waals surface area contributed by atoms with E-state index < -0.39 is 18.9 Å². The van der Waals surface area contributed by atoms with E-state index in [1.54, 1.807) is 0 Å². The average Bonchev–Trinajstić information content (AvgIpc) is 3.58. The monoisotopic (exact) mass is 504 g/mol. The highest BCUT2D eigenvalue weighted by Gasteiger charge is 2.24. The van der Waals surface area contributed by atoms with E-state index in [1.165, 1.54) is 7.11 Å². The minimum Gasteiger partial charge on any atom is -0.438 e. The van der Waals surface area contributed by atoms with Gasteiger partial charge in [-0.25, -0.2) is 19.7 Å². The van der Waals surface area contributed by atoms with Crippen molar-refractivity contribution in [3.05, 3.63) is 71.3 Å². The van der Waals surface area contributed by atoms with Crippen molar-refractivity contribution in [1.82, 2.24) is 30.2 Å². The SMILES string of the molecule is CCCc1nc(CC)c(C(=O)OCOC(=O)OC)n1Cc1ccc(-c2ccccc2-c2nnn[nH]2)cc1. The van der Waals surface area contributed by atoms with Crippen molar-refractivity contribution in [2.75, 3.05) is 13.9 Å². The van der Waals surface area contributed by atoms with Crippen LogP contribution in [-0.2, 0) is 33.6 Å². The van der Waals surface area contributed by atoms with Crippen molar-refractivity contribution in [1.29, 1.82) is 0 Å². The zero-order valence-electron chi connectivity index (χ0n) is 20.9. The van der Waals surface area contributed by atoms with Crippen molar-refractivity contribution in [2.45, 2.75) is 39.7 Å². The molecule has 4 aromatic rings. The van der Waals surface area contributed by atoms with Crippen LogP contribution in [0.1, 0.15) is 47.8 Å². The Morgan fingerprint density at radius 1 is 1.00 bits per heavy atom. The molecule has 0 saturated carbocycles. The first-order valence-corrected chi connectivity index (χ1v) is 11.9. The number of aromatic amines is 1. The van der Waals surface area contributed by atoms with E-state index in [-0.39, 0.29) is 0 Å². The van der Waals surface area contributed by atoms with E-state index in [0.717, 1.165) is 34.5 Å². The van der Waals surface area contributed by atoms with Crippen molar-refractivity contribution < 1.29 is 23.8 Å². The number of carbonyl (C=O) groups is 2. The Morgan fingerprint density at radius 2 is 1.76 bits per heavy atom. The maximum atomic E-state index is 13.0. The highest BCUT2D eigenvalue weighted by Crippen LogP contribution is 2.30. The number of rotatable bonds is 10. The molecule has 0 unspecified atom stereocenters. The Labute approximate surface area is 213 Å². The third-order valence-corrected chi connectivity index (χ3v) is 5.79. The summed E-state index contributed by atoms with van der Waals surface area (Å²) >= 11 is 0. The van der Waals surface area contributed by atoms with Gasteiger partial charge in [-0.1, -0.05) is 62.4 Å². The van der Waals surface area contributed by atoms with Crippen LogP contribution in [0.3, 0.4) is 0 Å². The molecular weight excluding hydrogens is 476 g/mol. The molecule has 0 aliphatic carbocycles. The van der Waals surface area contributed by atoms with Crippen LogP contribution in [0.5, 0.6) is 0 Å². The van der Waals surface area contributed by atoms with Crippen LogP contribution in [0, 0.1) is 0 Å². The third-order valence-electron chi connectivity index (χ3n) is 5.79. The second-order valence-corrected chi connectivity index (χ2v) is 8.15. The number of esters is 1. The number of imidazole rings is 1. The number of tetrazole rings is 1. The molecule has 0 atom stereocenters. The Kier molecular flexibility index (Phi) is 8.24. The lowest BCUT2D eigenvalue weighted by atomic mass is 9.98. The van der Waals surface area contributed by atoms with E-state index in [9.17, 15) is 9.59 Å². The molecular formula is C26H28N6O5. The summed E-state index contributed by atoms with van der Waals surface area (Å²) in [6.07, 6.45) is 1.20. The number of hydrogen-bond donors (Lipinski definition) is 1. The summed E-state index contributed by atoms with van der Waals surface area (Å²) in [6.45, 7) is 3.87. The number of H-pyrrole nitrogens is 1. The molecule has 1 N–H and O–H groups in total. The first-order chi connectivity index (χ1) is 18.0. The maximum absolute atomic E-state index is 13.0. The Morgan fingerprint density at radius 3 is 2.41 bits per heavy atom. The molecule has 37 heavy (non-hydrogen) atoms. The van der Waals surface area contributed by atoms with E-state index in [0.29, 0.717) is 36.6 Å². The number of benzene rings is 2. The van der Waals surface area contributed by atoms with Crippen LogP contribution in [0.4, 0.5) is 4.79 Å². The average molecular weight is 505 g/mol. The zero-order valence-corrected chi connectivity index (χ0v) is 20.9. The van der Waals surface area contributed by atoms with Crippen LogP contribution < -0.4 is 0 Å². The molecule has 11 heteroatoms. The topological polar surface area (TPSA) is 134 Å². The summed E-state index contributed by atoms with van der Waals surface area (Å²) < 4.78 is 16.2. The normalized spacial score (nSPS) is 10.8. The number of ether oxygens (including phenoxy) is 3. The molecule has 0 amide bonds. The maximum Gasteiger partial charge on any atom is 0.510 e. The van der Waals surface area contributed by atoms with Crippen molar-refractivity contribution >= 4 is 12.1 Å². The largest absolute Gasteiger partial charge is 0.510 e. The van der Waals surface area contributed by atoms with Crippen LogP contribution in [-0.4, -0.2) is 56.2 Å². The minimum atomic E-state index is -0.926. The van der Waals surface area contributed by atoms with Gasteiger partial charge < -0.3 is 18.8 Å². The van der Waals surface area contributed by atoms with E-state index in [1.807, 2.05) is 60.0 Å². The van der Waals surface area contributed by atoms with Gasteiger partial charge in [-0.2, -0.15) is 0 Å². The lowest BCUT2D eigenvalue weighted by molar-refractivity contribution is -0.0228. The molecule has 0 bridgehead atoms. The second kappa shape index (κ2) is 11.9. The molecule has 0 aliphatic rings. The van der Waals surface area contributed by atoms with Gasteiger partial charge in [0.2, 0.25) is 6.79 Å². The van der Waals surface area contributed by atoms with Gasteiger partial charge in [0, 0.05) is 18.5 Å². The number of aryl methyl sites for hydroxylation is 2. The lowest BCUT2D eigenvalue weighted by Crippen LogP contribution is -2.19. The first kappa shape index (κ1) is 25.5. The number of nitrogens with zero attached hydrogens (tertiary/aromatic N) is 5. The minimum absolute atomic E-state index is 0.353. The standard InChI is InChI=1S/C26H28N6O5/c1-4-8-22-27-21(5-2)23(25(33)36-16-37-26(34)35-3)32(22)15-17-11-13-18(14-12-17)19-9-6-7-10-20(19)24-28-30-31-29-24/h6-7,9-14H,4-5,8,15-16H2,1-3H3,(H,28,29,30,31). The molecule has 2 heterocycles. The van der Waals surface area contributed by atoms with Gasteiger partial charge >= 0.3 is 12.1 Å². The van der Waals surface area contributed by atoms with Gasteiger partial charge in [-0.05, 0) is 40.0 Å². The molecule has 4 rings (SSSR count). The van der Waals surface area contributed by atoms with Gasteiger partial charge in [-0.15, -0.1) is 5.10 Å². The highest BCUT2D eigenvalue weighted by atomic mass is 16.8. The quantitative estimate of drug-likeness (QED) is 0.249. The summed E-state index contributed by atoms with van der Waals surface area (Å²) in [4.78, 5) is 28.9. The Bertz CT molecular complexity index is 1350. The summed E-state index contributed by atoms with van der Waals surface area (Å²) in [7, 11) is 1.18. The number of aromatic nitrogens is 6. The highest BCUT2D eigenvalue weighted by molar-refractivity contribution is 5.89. The van der Waals surface area contributed by atoms with E-state index >= 15 is 0 Å². The van der Waals surface area contributed by atoms with E-state index in [2.05, 4.69) is 32.3 Å². The van der Waals surface area contributed by atoms with Gasteiger partial charge in [-0.3, -0.25) is 0 Å². The molecule has 0 saturated heterocycles. The molecule has 192 valence electrons. The summed E-state index contributed by atoms with van der Waals surface area (Å²) in [6, 6.07) is 16.0.